The van der Waals surface area contributed by atoms with Crippen molar-refractivity contribution in [3.05, 3.63) is 17.3 Å². The second-order valence-corrected chi connectivity index (χ2v) is 2.27. The van der Waals surface area contributed by atoms with Crippen LogP contribution in [0.3, 0.4) is 0 Å². The van der Waals surface area contributed by atoms with Crippen molar-refractivity contribution >= 4 is 11.6 Å². The molecule has 1 aromatic heterocycles. The van der Waals surface area contributed by atoms with Gasteiger partial charge in [0, 0.05) is 6.07 Å². The van der Waals surface area contributed by atoms with Crippen LogP contribution in [-0.2, 0) is 0 Å². The number of hydrogen-bond acceptors (Lipinski definition) is 3. The lowest BCUT2D eigenvalue weighted by Gasteiger charge is -2.02. The van der Waals surface area contributed by atoms with E-state index in [1.54, 1.807) is 6.07 Å². The Morgan fingerprint density at radius 3 is 2.55 bits per heavy atom. The quantitative estimate of drug-likeness (QED) is 0.683. The van der Waals surface area contributed by atoms with Gasteiger partial charge in [-0.15, -0.1) is 0 Å². The molecule has 0 amide bonds. The van der Waals surface area contributed by atoms with Gasteiger partial charge in [-0.25, -0.2) is 4.98 Å². The fraction of sp³-hybridized carbons (Fsp3) is 0.286. The highest BCUT2D eigenvalue weighted by atomic mass is 35.5. The molecule has 0 fully saturated rings. The summed E-state index contributed by atoms with van der Waals surface area (Å²) in [4.78, 5) is 3.90. The lowest BCUT2D eigenvalue weighted by Crippen LogP contribution is -1.89. The monoisotopic (exact) mass is 173 g/mol. The smallest absolute Gasteiger partial charge is 0.214 e. The third kappa shape index (κ3) is 1.74. The van der Waals surface area contributed by atoms with Crippen molar-refractivity contribution in [2.75, 3.05) is 14.2 Å². The van der Waals surface area contributed by atoms with Crippen molar-refractivity contribution in [3.8, 4) is 11.6 Å². The highest BCUT2D eigenvalue weighted by molar-refractivity contribution is 6.32. The second-order valence-electron chi connectivity index (χ2n) is 1.86. The number of methoxy groups -OCH3 is 2. The molecular weight excluding hydrogens is 166 g/mol. The van der Waals surface area contributed by atoms with Gasteiger partial charge in [0.25, 0.3) is 0 Å². The van der Waals surface area contributed by atoms with Crippen LogP contribution >= 0.6 is 11.6 Å². The SMILES string of the molecule is COc1cc(Cl)c(OC)cn1. The molecule has 0 saturated heterocycles. The third-order valence-electron chi connectivity index (χ3n) is 1.22. The van der Waals surface area contributed by atoms with Crippen molar-refractivity contribution in [2.45, 2.75) is 0 Å². The third-order valence-corrected chi connectivity index (χ3v) is 1.52. The van der Waals surface area contributed by atoms with Gasteiger partial charge in [0.15, 0.2) is 5.75 Å². The summed E-state index contributed by atoms with van der Waals surface area (Å²) in [6, 6.07) is 1.60. The summed E-state index contributed by atoms with van der Waals surface area (Å²) in [5.41, 5.74) is 0. The minimum absolute atomic E-state index is 0.482. The summed E-state index contributed by atoms with van der Waals surface area (Å²) in [7, 11) is 3.07. The van der Waals surface area contributed by atoms with Gasteiger partial charge < -0.3 is 9.47 Å². The molecule has 60 valence electrons. The van der Waals surface area contributed by atoms with Gasteiger partial charge in [-0.1, -0.05) is 11.6 Å². The van der Waals surface area contributed by atoms with Crippen molar-refractivity contribution in [1.82, 2.24) is 4.98 Å². The van der Waals surface area contributed by atoms with Crippen molar-refractivity contribution in [2.24, 2.45) is 0 Å². The van der Waals surface area contributed by atoms with E-state index in [9.17, 15) is 0 Å². The molecule has 1 heterocycles. The summed E-state index contributed by atoms with van der Waals surface area (Å²) in [6.07, 6.45) is 1.52. The molecule has 0 unspecified atom stereocenters. The molecule has 11 heavy (non-hydrogen) atoms. The molecule has 0 aromatic carbocycles. The van der Waals surface area contributed by atoms with E-state index in [2.05, 4.69) is 4.98 Å². The van der Waals surface area contributed by atoms with Crippen molar-refractivity contribution < 1.29 is 9.47 Å². The number of rotatable bonds is 2. The van der Waals surface area contributed by atoms with Crippen molar-refractivity contribution in [1.29, 1.82) is 0 Å². The highest BCUT2D eigenvalue weighted by Crippen LogP contribution is 2.25. The number of aromatic nitrogens is 1. The van der Waals surface area contributed by atoms with Crippen LogP contribution in [0.4, 0.5) is 0 Å². The van der Waals surface area contributed by atoms with E-state index < -0.39 is 0 Å². The predicted octanol–water partition coefficient (Wildman–Crippen LogP) is 1.75. The number of ether oxygens (including phenoxy) is 2. The topological polar surface area (TPSA) is 31.4 Å². The molecule has 0 spiro atoms. The van der Waals surface area contributed by atoms with E-state index in [0.29, 0.717) is 16.7 Å². The molecule has 0 N–H and O–H groups in total. The molecule has 4 heteroatoms. The van der Waals surface area contributed by atoms with E-state index in [0.717, 1.165) is 0 Å². The number of hydrogen-bond donors (Lipinski definition) is 0. The lowest BCUT2D eigenvalue weighted by atomic mass is 10.4. The van der Waals surface area contributed by atoms with Crippen LogP contribution < -0.4 is 9.47 Å². The van der Waals surface area contributed by atoms with Crippen molar-refractivity contribution in [3.63, 3.8) is 0 Å². The van der Waals surface area contributed by atoms with Crippen LogP contribution in [0.1, 0.15) is 0 Å². The molecule has 1 rings (SSSR count). The summed E-state index contributed by atoms with van der Waals surface area (Å²) in [6.45, 7) is 0. The lowest BCUT2D eigenvalue weighted by molar-refractivity contribution is 0.387. The number of pyridine rings is 1. The Morgan fingerprint density at radius 2 is 2.09 bits per heavy atom. The standard InChI is InChI=1S/C7H8ClNO2/c1-10-6-4-9-7(11-2)3-5(6)8/h3-4H,1-2H3. The molecule has 0 aliphatic heterocycles. The van der Waals surface area contributed by atoms with Gasteiger partial charge in [-0.3, -0.25) is 0 Å². The Hall–Kier alpha value is -0.960. The molecule has 1 aromatic rings. The highest BCUT2D eigenvalue weighted by Gasteiger charge is 2.01. The average molecular weight is 174 g/mol. The number of nitrogens with zero attached hydrogens (tertiary/aromatic N) is 1. The zero-order valence-corrected chi connectivity index (χ0v) is 7.05. The molecule has 0 atom stereocenters. The van der Waals surface area contributed by atoms with E-state index in [-0.39, 0.29) is 0 Å². The Bertz CT molecular complexity index is 252. The summed E-state index contributed by atoms with van der Waals surface area (Å²) >= 11 is 5.76. The first-order valence-corrected chi connectivity index (χ1v) is 3.39. The van der Waals surface area contributed by atoms with E-state index in [1.165, 1.54) is 20.4 Å². The maximum atomic E-state index is 5.76. The molecule has 3 nitrogen and oxygen atoms in total. The zero-order chi connectivity index (χ0) is 8.27. The maximum Gasteiger partial charge on any atom is 0.214 e. The average Bonchev–Trinajstić information content (AvgIpc) is 2.04. The van der Waals surface area contributed by atoms with Gasteiger partial charge in [0.2, 0.25) is 5.88 Å². The molecule has 0 radical (unpaired) electrons. The summed E-state index contributed by atoms with van der Waals surface area (Å²) < 4.78 is 9.74. The fourth-order valence-electron chi connectivity index (χ4n) is 0.663. The first-order valence-electron chi connectivity index (χ1n) is 3.01. The van der Waals surface area contributed by atoms with Crippen LogP contribution in [0.5, 0.6) is 11.6 Å². The van der Waals surface area contributed by atoms with E-state index in [4.69, 9.17) is 21.1 Å². The van der Waals surface area contributed by atoms with E-state index >= 15 is 0 Å². The van der Waals surface area contributed by atoms with Crippen LogP contribution in [0.2, 0.25) is 5.02 Å². The minimum Gasteiger partial charge on any atom is -0.494 e. The molecular formula is C7H8ClNO2. The number of halogens is 1. The van der Waals surface area contributed by atoms with Crippen LogP contribution in [-0.4, -0.2) is 19.2 Å². The minimum atomic E-state index is 0.482. The Balaban J connectivity index is 2.99. The van der Waals surface area contributed by atoms with Crippen LogP contribution in [0, 0.1) is 0 Å². The van der Waals surface area contributed by atoms with Crippen LogP contribution in [0.25, 0.3) is 0 Å². The molecule has 0 saturated carbocycles. The Labute approximate surface area is 69.9 Å². The summed E-state index contributed by atoms with van der Waals surface area (Å²) in [5, 5.41) is 0.499. The summed E-state index contributed by atoms with van der Waals surface area (Å²) in [5.74, 6) is 1.03. The first-order chi connectivity index (χ1) is 5.27. The predicted molar refractivity (Wildman–Crippen MR) is 42.4 cm³/mol. The van der Waals surface area contributed by atoms with E-state index in [1.807, 2.05) is 0 Å². The normalized spacial score (nSPS) is 9.36. The fourth-order valence-corrected chi connectivity index (χ4v) is 0.882. The Morgan fingerprint density at radius 1 is 1.36 bits per heavy atom. The molecule has 0 aliphatic carbocycles. The molecule has 0 bridgehead atoms. The van der Waals surface area contributed by atoms with Crippen LogP contribution in [0.15, 0.2) is 12.3 Å². The van der Waals surface area contributed by atoms with Gasteiger partial charge in [-0.05, 0) is 0 Å². The van der Waals surface area contributed by atoms with Gasteiger partial charge in [-0.2, -0.15) is 0 Å². The second kappa shape index (κ2) is 3.44. The van der Waals surface area contributed by atoms with Gasteiger partial charge in [0.05, 0.1) is 25.4 Å². The first kappa shape index (κ1) is 8.14. The zero-order valence-electron chi connectivity index (χ0n) is 6.30. The Kier molecular flexibility index (Phi) is 2.54. The largest absolute Gasteiger partial charge is 0.494 e. The molecule has 0 aliphatic rings. The van der Waals surface area contributed by atoms with Gasteiger partial charge >= 0.3 is 0 Å². The van der Waals surface area contributed by atoms with Gasteiger partial charge in [0.1, 0.15) is 0 Å². The maximum absolute atomic E-state index is 5.76.